The number of anilines is 4. The van der Waals surface area contributed by atoms with E-state index in [1.165, 1.54) is 18.2 Å². The van der Waals surface area contributed by atoms with Crippen molar-refractivity contribution in [2.75, 3.05) is 41.3 Å². The molecule has 0 atom stereocenters. The smallest absolute Gasteiger partial charge is 0.406 e. The fraction of sp³-hybridized carbons (Fsp3) is 0.238. The Bertz CT molecular complexity index is 1170. The molecule has 9 nitrogen and oxygen atoms in total. The molecule has 1 aliphatic rings. The Hall–Kier alpha value is -4.16. The molecule has 2 heterocycles. The molecule has 2 aromatic carbocycles. The van der Waals surface area contributed by atoms with Crippen LogP contribution in [0.15, 0.2) is 54.9 Å². The molecule has 1 aliphatic heterocycles. The van der Waals surface area contributed by atoms with E-state index in [-0.39, 0.29) is 28.8 Å². The Labute approximate surface area is 190 Å². The van der Waals surface area contributed by atoms with Crippen LogP contribution in [0.1, 0.15) is 0 Å². The number of hydrogen-bond donors (Lipinski definition) is 1. The lowest BCUT2D eigenvalue weighted by atomic mass is 10.2. The van der Waals surface area contributed by atoms with Crippen molar-refractivity contribution in [3.05, 3.63) is 70.8 Å². The second-order valence-corrected chi connectivity index (χ2v) is 7.27. The van der Waals surface area contributed by atoms with Gasteiger partial charge in [0, 0.05) is 31.9 Å². The molecule has 4 rings (SSSR count). The first kappa shape index (κ1) is 23.0. The van der Waals surface area contributed by atoms with Crippen LogP contribution in [-0.4, -0.2) is 47.4 Å². The number of para-hydroxylation sites is 1. The van der Waals surface area contributed by atoms with Crippen LogP contribution in [-0.2, 0) is 0 Å². The fourth-order valence-corrected chi connectivity index (χ4v) is 3.60. The maximum atomic E-state index is 14.1. The molecular weight excluding hydrogens is 460 g/mol. The Kier molecular flexibility index (Phi) is 6.34. The lowest BCUT2D eigenvalue weighted by Gasteiger charge is -2.36. The van der Waals surface area contributed by atoms with Crippen molar-refractivity contribution < 1.29 is 27.2 Å². The average molecular weight is 478 g/mol. The van der Waals surface area contributed by atoms with Crippen LogP contribution in [0.4, 0.5) is 46.3 Å². The summed E-state index contributed by atoms with van der Waals surface area (Å²) in [5.41, 5.74) is 0.351. The number of aromatic nitrogens is 2. The van der Waals surface area contributed by atoms with Crippen molar-refractivity contribution in [2.45, 2.75) is 6.36 Å². The molecule has 3 aromatic rings. The first-order chi connectivity index (χ1) is 16.2. The summed E-state index contributed by atoms with van der Waals surface area (Å²) in [5.74, 6) is -0.797. The van der Waals surface area contributed by atoms with Gasteiger partial charge in [0.25, 0.3) is 0 Å². The van der Waals surface area contributed by atoms with E-state index in [0.717, 1.165) is 18.5 Å². The molecule has 0 spiro atoms. The van der Waals surface area contributed by atoms with E-state index in [1.807, 2.05) is 4.90 Å². The molecule has 34 heavy (non-hydrogen) atoms. The van der Waals surface area contributed by atoms with E-state index in [4.69, 9.17) is 0 Å². The van der Waals surface area contributed by atoms with Gasteiger partial charge in [-0.15, -0.1) is 13.2 Å². The van der Waals surface area contributed by atoms with Crippen molar-refractivity contribution >= 4 is 28.7 Å². The quantitative estimate of drug-likeness (QED) is 0.315. The molecule has 1 N–H and O–H groups in total. The highest BCUT2D eigenvalue weighted by atomic mass is 19.4. The van der Waals surface area contributed by atoms with Gasteiger partial charge in [-0.05, 0) is 36.4 Å². The van der Waals surface area contributed by atoms with Gasteiger partial charge >= 0.3 is 12.0 Å². The van der Waals surface area contributed by atoms with E-state index >= 15 is 0 Å². The largest absolute Gasteiger partial charge is 0.573 e. The molecule has 0 amide bonds. The highest BCUT2D eigenvalue weighted by Gasteiger charge is 2.32. The van der Waals surface area contributed by atoms with Crippen molar-refractivity contribution in [1.29, 1.82) is 0 Å². The van der Waals surface area contributed by atoms with Crippen molar-refractivity contribution in [3.8, 4) is 5.75 Å². The highest BCUT2D eigenvalue weighted by Crippen LogP contribution is 2.35. The van der Waals surface area contributed by atoms with E-state index in [9.17, 15) is 27.7 Å². The molecule has 1 fully saturated rings. The maximum absolute atomic E-state index is 14.1. The van der Waals surface area contributed by atoms with Gasteiger partial charge in [0.15, 0.2) is 0 Å². The third-order valence-electron chi connectivity index (χ3n) is 5.11. The summed E-state index contributed by atoms with van der Waals surface area (Å²) in [7, 11) is 0. The third-order valence-corrected chi connectivity index (χ3v) is 5.11. The number of alkyl halides is 3. The predicted octanol–water partition coefficient (Wildman–Crippen LogP) is 4.49. The SMILES string of the molecule is O=[N+]([O-])c1c(Nc2ccc(OC(F)(F)F)cc2)ncnc1N1CCN(c2ccccc2F)CC1. The Balaban J connectivity index is 1.52. The number of rotatable bonds is 6. The molecule has 0 saturated carbocycles. The summed E-state index contributed by atoms with van der Waals surface area (Å²) in [6.07, 6.45) is -3.67. The molecule has 1 aromatic heterocycles. The minimum absolute atomic E-state index is 0.0905. The van der Waals surface area contributed by atoms with Crippen LogP contribution in [0.2, 0.25) is 0 Å². The van der Waals surface area contributed by atoms with E-state index in [2.05, 4.69) is 20.0 Å². The predicted molar refractivity (Wildman–Crippen MR) is 116 cm³/mol. The van der Waals surface area contributed by atoms with Crippen molar-refractivity contribution in [3.63, 3.8) is 0 Å². The zero-order chi connectivity index (χ0) is 24.3. The third kappa shape index (κ3) is 5.24. The topological polar surface area (TPSA) is 96.7 Å². The number of piperazine rings is 1. The number of benzene rings is 2. The normalized spacial score (nSPS) is 14.1. The van der Waals surface area contributed by atoms with Gasteiger partial charge in [-0.1, -0.05) is 12.1 Å². The lowest BCUT2D eigenvalue weighted by Crippen LogP contribution is -2.47. The van der Waals surface area contributed by atoms with Gasteiger partial charge in [0.05, 0.1) is 10.6 Å². The molecule has 0 unspecified atom stereocenters. The van der Waals surface area contributed by atoms with Crippen LogP contribution in [0, 0.1) is 15.9 Å². The highest BCUT2D eigenvalue weighted by molar-refractivity contribution is 5.74. The van der Waals surface area contributed by atoms with Crippen molar-refractivity contribution in [2.24, 2.45) is 0 Å². The van der Waals surface area contributed by atoms with Crippen LogP contribution in [0.3, 0.4) is 0 Å². The molecule has 0 aliphatic carbocycles. The Morgan fingerprint density at radius 3 is 2.24 bits per heavy atom. The first-order valence-corrected chi connectivity index (χ1v) is 10.1. The summed E-state index contributed by atoms with van der Waals surface area (Å²) in [4.78, 5) is 22.8. The van der Waals surface area contributed by atoms with Gasteiger partial charge in [0.1, 0.15) is 17.9 Å². The number of nitrogens with one attached hydrogen (secondary N) is 1. The molecule has 0 radical (unpaired) electrons. The second-order valence-electron chi connectivity index (χ2n) is 7.27. The zero-order valence-electron chi connectivity index (χ0n) is 17.5. The van der Waals surface area contributed by atoms with Crippen LogP contribution in [0.25, 0.3) is 0 Å². The van der Waals surface area contributed by atoms with E-state index < -0.39 is 17.0 Å². The van der Waals surface area contributed by atoms with Crippen LogP contribution >= 0.6 is 0 Å². The van der Waals surface area contributed by atoms with Gasteiger partial charge in [-0.2, -0.15) is 0 Å². The van der Waals surface area contributed by atoms with Gasteiger partial charge in [0.2, 0.25) is 11.6 Å². The summed E-state index contributed by atoms with van der Waals surface area (Å²) in [6.45, 7) is 1.56. The molecule has 13 heteroatoms. The summed E-state index contributed by atoms with van der Waals surface area (Å²) >= 11 is 0. The molecule has 0 bridgehead atoms. The molecular formula is C21H18F4N6O3. The number of nitrogens with zero attached hydrogens (tertiary/aromatic N) is 5. The monoisotopic (exact) mass is 478 g/mol. The van der Waals surface area contributed by atoms with Gasteiger partial charge in [-0.25, -0.2) is 14.4 Å². The number of hydrogen-bond acceptors (Lipinski definition) is 8. The first-order valence-electron chi connectivity index (χ1n) is 10.1. The average Bonchev–Trinajstić information content (AvgIpc) is 2.80. The van der Waals surface area contributed by atoms with Crippen LogP contribution < -0.4 is 19.9 Å². The van der Waals surface area contributed by atoms with E-state index in [0.29, 0.717) is 31.9 Å². The van der Waals surface area contributed by atoms with Gasteiger partial charge in [-0.3, -0.25) is 10.1 Å². The summed E-state index contributed by atoms with van der Waals surface area (Å²) in [5, 5.41) is 14.6. The lowest BCUT2D eigenvalue weighted by molar-refractivity contribution is -0.383. The fourth-order valence-electron chi connectivity index (χ4n) is 3.60. The van der Waals surface area contributed by atoms with Crippen LogP contribution in [0.5, 0.6) is 5.75 Å². The second kappa shape index (κ2) is 9.37. The van der Waals surface area contributed by atoms with Crippen molar-refractivity contribution in [1.82, 2.24) is 9.97 Å². The number of halogens is 4. The summed E-state index contributed by atoms with van der Waals surface area (Å²) in [6, 6.07) is 11.1. The standard InChI is InChI=1S/C21H18F4N6O3/c22-16-3-1-2-4-17(16)29-9-11-30(12-10-29)20-18(31(32)33)19(26-13-27-20)28-14-5-7-15(8-6-14)34-21(23,24)25/h1-8,13H,9-12H2,(H,26,27,28). The molecule has 1 saturated heterocycles. The van der Waals surface area contributed by atoms with E-state index in [1.54, 1.807) is 23.1 Å². The Morgan fingerprint density at radius 2 is 1.62 bits per heavy atom. The minimum Gasteiger partial charge on any atom is -0.406 e. The summed E-state index contributed by atoms with van der Waals surface area (Å²) < 4.78 is 54.9. The molecule has 178 valence electrons. The minimum atomic E-state index is -4.83. The Morgan fingerprint density at radius 1 is 0.971 bits per heavy atom. The van der Waals surface area contributed by atoms with Gasteiger partial charge < -0.3 is 19.9 Å². The number of nitro groups is 1. The maximum Gasteiger partial charge on any atom is 0.573 e. The zero-order valence-corrected chi connectivity index (χ0v) is 17.5. The number of ether oxygens (including phenoxy) is 1.